The van der Waals surface area contributed by atoms with E-state index in [1.807, 2.05) is 0 Å². The van der Waals surface area contributed by atoms with Crippen LogP contribution in [0.15, 0.2) is 6.07 Å². The van der Waals surface area contributed by atoms with Gasteiger partial charge in [0.05, 0.1) is 7.11 Å². The molecule has 0 amide bonds. The Morgan fingerprint density at radius 3 is 2.73 bits per heavy atom. The number of carbonyl (C=O) groups is 1. The second-order valence-electron chi connectivity index (χ2n) is 2.93. The Morgan fingerprint density at radius 2 is 2.20 bits per heavy atom. The molecule has 1 aromatic heterocycles. The predicted molar refractivity (Wildman–Crippen MR) is 56.0 cm³/mol. The molecule has 0 aromatic carbocycles. The normalized spacial score (nSPS) is 11.9. The summed E-state index contributed by atoms with van der Waals surface area (Å²) in [4.78, 5) is 18.6. The summed E-state index contributed by atoms with van der Waals surface area (Å²) < 4.78 is 4.54. The lowest BCUT2D eigenvalue weighted by molar-refractivity contribution is -0.141. The number of nitrogens with two attached hydrogens (primary N) is 2. The van der Waals surface area contributed by atoms with Gasteiger partial charge in [-0.15, -0.1) is 0 Å². The van der Waals surface area contributed by atoms with Crippen molar-refractivity contribution in [2.75, 3.05) is 23.9 Å². The molecule has 0 aliphatic heterocycles. The van der Waals surface area contributed by atoms with Gasteiger partial charge in [-0.2, -0.15) is 9.97 Å². The first-order valence-corrected chi connectivity index (χ1v) is 4.27. The number of rotatable bonds is 3. The standard InChI is InChI=1S/C8H13N5O2/c1-4(7(14)15-2)11-6-3-5(9)12-8(10)13-6/h3-4H,1-2H3,(H5,9,10,11,12,13). The van der Waals surface area contributed by atoms with E-state index < -0.39 is 12.0 Å². The molecule has 5 N–H and O–H groups in total. The van der Waals surface area contributed by atoms with E-state index >= 15 is 0 Å². The molecule has 0 saturated heterocycles. The van der Waals surface area contributed by atoms with Gasteiger partial charge >= 0.3 is 5.97 Å². The number of methoxy groups -OCH3 is 1. The highest BCUT2D eigenvalue weighted by Crippen LogP contribution is 2.10. The van der Waals surface area contributed by atoms with Gasteiger partial charge in [0.1, 0.15) is 17.7 Å². The SMILES string of the molecule is COC(=O)C(C)Nc1cc(N)nc(N)n1. The maximum absolute atomic E-state index is 11.1. The molecule has 0 aliphatic carbocycles. The van der Waals surface area contributed by atoms with Crippen molar-refractivity contribution in [3.63, 3.8) is 0 Å². The Morgan fingerprint density at radius 1 is 1.53 bits per heavy atom. The molecule has 7 heteroatoms. The maximum atomic E-state index is 11.1. The van der Waals surface area contributed by atoms with E-state index in [-0.39, 0.29) is 11.8 Å². The average Bonchev–Trinajstić information content (AvgIpc) is 2.14. The van der Waals surface area contributed by atoms with E-state index in [1.165, 1.54) is 13.2 Å². The average molecular weight is 211 g/mol. The molecule has 0 fully saturated rings. The molecule has 0 saturated carbocycles. The molecule has 15 heavy (non-hydrogen) atoms. The zero-order valence-corrected chi connectivity index (χ0v) is 8.52. The lowest BCUT2D eigenvalue weighted by Gasteiger charge is -2.12. The second-order valence-corrected chi connectivity index (χ2v) is 2.93. The third kappa shape index (κ3) is 2.97. The highest BCUT2D eigenvalue weighted by Gasteiger charge is 2.13. The first kappa shape index (κ1) is 11.0. The molecule has 1 rings (SSSR count). The quantitative estimate of drug-likeness (QED) is 0.583. The van der Waals surface area contributed by atoms with Crippen molar-refractivity contribution in [2.45, 2.75) is 13.0 Å². The minimum Gasteiger partial charge on any atom is -0.467 e. The molecule has 82 valence electrons. The number of carbonyl (C=O) groups excluding carboxylic acids is 1. The minimum atomic E-state index is -0.524. The Kier molecular flexibility index (Phi) is 3.27. The number of aromatic nitrogens is 2. The summed E-state index contributed by atoms with van der Waals surface area (Å²) >= 11 is 0. The molecular weight excluding hydrogens is 198 g/mol. The van der Waals surface area contributed by atoms with Crippen LogP contribution in [0.2, 0.25) is 0 Å². The Hall–Kier alpha value is -2.05. The monoisotopic (exact) mass is 211 g/mol. The summed E-state index contributed by atoms with van der Waals surface area (Å²) in [5.74, 6) is 0.278. The highest BCUT2D eigenvalue weighted by atomic mass is 16.5. The molecule has 1 atom stereocenters. The summed E-state index contributed by atoms with van der Waals surface area (Å²) in [6, 6.07) is 0.958. The zero-order valence-electron chi connectivity index (χ0n) is 8.52. The largest absolute Gasteiger partial charge is 0.467 e. The number of nitrogen functional groups attached to an aromatic ring is 2. The first-order valence-electron chi connectivity index (χ1n) is 4.27. The van der Waals surface area contributed by atoms with Crippen LogP contribution in [0.5, 0.6) is 0 Å². The van der Waals surface area contributed by atoms with Gasteiger partial charge in [0.25, 0.3) is 0 Å². The third-order valence-electron chi connectivity index (χ3n) is 1.68. The summed E-state index contributed by atoms with van der Waals surface area (Å²) in [6.07, 6.45) is 0. The first-order chi connectivity index (χ1) is 7.02. The number of anilines is 3. The summed E-state index contributed by atoms with van der Waals surface area (Å²) in [7, 11) is 1.31. The van der Waals surface area contributed by atoms with Gasteiger partial charge in [0.2, 0.25) is 5.95 Å². The molecule has 7 nitrogen and oxygen atoms in total. The molecule has 1 unspecified atom stereocenters. The van der Waals surface area contributed by atoms with Crippen molar-refractivity contribution in [3.8, 4) is 0 Å². The van der Waals surface area contributed by atoms with Crippen LogP contribution in [0.4, 0.5) is 17.6 Å². The van der Waals surface area contributed by atoms with Crippen molar-refractivity contribution < 1.29 is 9.53 Å². The van der Waals surface area contributed by atoms with Crippen LogP contribution in [0, 0.1) is 0 Å². The number of esters is 1. The lowest BCUT2D eigenvalue weighted by Crippen LogP contribution is -2.27. The predicted octanol–water partition coefficient (Wildman–Crippen LogP) is -0.386. The van der Waals surface area contributed by atoms with Crippen LogP contribution in [0.1, 0.15) is 6.92 Å². The maximum Gasteiger partial charge on any atom is 0.328 e. The minimum absolute atomic E-state index is 0.0505. The molecular formula is C8H13N5O2. The topological polar surface area (TPSA) is 116 Å². The van der Waals surface area contributed by atoms with Gasteiger partial charge in [-0.25, -0.2) is 4.79 Å². The summed E-state index contributed by atoms with van der Waals surface area (Å²) in [5.41, 5.74) is 10.8. The van der Waals surface area contributed by atoms with Gasteiger partial charge in [-0.1, -0.05) is 0 Å². The summed E-state index contributed by atoms with van der Waals surface area (Å²) in [6.45, 7) is 1.64. The van der Waals surface area contributed by atoms with E-state index in [9.17, 15) is 4.79 Å². The Bertz CT molecular complexity index is 348. The molecule has 1 aromatic rings. The second kappa shape index (κ2) is 4.45. The Balaban J connectivity index is 2.76. The Labute approximate surface area is 86.8 Å². The van der Waals surface area contributed by atoms with Crippen molar-refractivity contribution >= 4 is 23.6 Å². The van der Waals surface area contributed by atoms with Gasteiger partial charge in [0.15, 0.2) is 0 Å². The number of hydrogen-bond acceptors (Lipinski definition) is 7. The van der Waals surface area contributed by atoms with Gasteiger partial charge in [0, 0.05) is 6.07 Å². The van der Waals surface area contributed by atoms with E-state index in [0.717, 1.165) is 0 Å². The number of hydrogen-bond donors (Lipinski definition) is 3. The fourth-order valence-electron chi connectivity index (χ4n) is 1.02. The molecule has 0 spiro atoms. The van der Waals surface area contributed by atoms with Crippen LogP contribution in [-0.2, 0) is 9.53 Å². The van der Waals surface area contributed by atoms with Crippen LogP contribution in [-0.4, -0.2) is 29.1 Å². The van der Waals surface area contributed by atoms with Crippen molar-refractivity contribution in [1.82, 2.24) is 9.97 Å². The molecule has 0 bridgehead atoms. The number of nitrogens with one attached hydrogen (secondary N) is 1. The number of ether oxygens (including phenoxy) is 1. The van der Waals surface area contributed by atoms with Crippen LogP contribution in [0.3, 0.4) is 0 Å². The molecule has 0 aliphatic rings. The van der Waals surface area contributed by atoms with Crippen LogP contribution < -0.4 is 16.8 Å². The third-order valence-corrected chi connectivity index (χ3v) is 1.68. The molecule has 0 radical (unpaired) electrons. The zero-order chi connectivity index (χ0) is 11.4. The molecule has 1 heterocycles. The lowest BCUT2D eigenvalue weighted by atomic mass is 10.3. The van der Waals surface area contributed by atoms with Crippen molar-refractivity contribution in [1.29, 1.82) is 0 Å². The van der Waals surface area contributed by atoms with E-state index in [0.29, 0.717) is 5.82 Å². The fourth-order valence-corrected chi connectivity index (χ4v) is 1.02. The smallest absolute Gasteiger partial charge is 0.328 e. The van der Waals surface area contributed by atoms with E-state index in [2.05, 4.69) is 20.0 Å². The van der Waals surface area contributed by atoms with Gasteiger partial charge in [-0.05, 0) is 6.92 Å². The number of nitrogens with zero attached hydrogens (tertiary/aromatic N) is 2. The fraction of sp³-hybridized carbons (Fsp3) is 0.375. The van der Waals surface area contributed by atoms with Gasteiger partial charge in [-0.3, -0.25) is 0 Å². The van der Waals surface area contributed by atoms with Gasteiger partial charge < -0.3 is 21.5 Å². The van der Waals surface area contributed by atoms with E-state index in [1.54, 1.807) is 6.92 Å². The van der Waals surface area contributed by atoms with E-state index in [4.69, 9.17) is 11.5 Å². The van der Waals surface area contributed by atoms with Crippen LogP contribution in [0.25, 0.3) is 0 Å². The van der Waals surface area contributed by atoms with Crippen LogP contribution >= 0.6 is 0 Å². The summed E-state index contributed by atoms with van der Waals surface area (Å²) in [5, 5.41) is 2.79. The van der Waals surface area contributed by atoms with Crippen molar-refractivity contribution in [2.24, 2.45) is 0 Å². The van der Waals surface area contributed by atoms with Crippen molar-refractivity contribution in [3.05, 3.63) is 6.07 Å². The highest BCUT2D eigenvalue weighted by molar-refractivity contribution is 5.78.